The number of aromatic nitrogens is 6. The third-order valence-electron chi connectivity index (χ3n) is 6.49. The second kappa shape index (κ2) is 12.4. The average Bonchev–Trinajstić information content (AvgIpc) is 3.72. The van der Waals surface area contributed by atoms with Crippen LogP contribution in [-0.2, 0) is 9.47 Å². The number of carboxylic acid groups (broad SMARTS) is 2. The van der Waals surface area contributed by atoms with Crippen molar-refractivity contribution < 1.29 is 38.9 Å². The highest BCUT2D eigenvalue weighted by molar-refractivity contribution is 5.96. The van der Waals surface area contributed by atoms with Gasteiger partial charge >= 0.3 is 24.1 Å². The summed E-state index contributed by atoms with van der Waals surface area (Å²) < 4.78 is 12.0. The second-order valence-corrected chi connectivity index (χ2v) is 9.20. The maximum atomic E-state index is 12.3. The number of hydrogen-bond acceptors (Lipinski definition) is 10. The molecule has 0 saturated carbocycles. The monoisotopic (exact) mass is 596 g/mol. The van der Waals surface area contributed by atoms with Crippen molar-refractivity contribution in [2.24, 2.45) is 0 Å². The van der Waals surface area contributed by atoms with Crippen molar-refractivity contribution in [3.8, 4) is 44.8 Å². The van der Waals surface area contributed by atoms with E-state index in [0.717, 1.165) is 9.36 Å². The molecule has 0 bridgehead atoms. The molecule has 0 amide bonds. The maximum absolute atomic E-state index is 12.3. The summed E-state index contributed by atoms with van der Waals surface area (Å²) in [5, 5.41) is 35.0. The van der Waals surface area contributed by atoms with Gasteiger partial charge in [-0.05, 0) is 72.5 Å². The molecule has 2 aromatic heterocycles. The predicted molar refractivity (Wildman–Crippen MR) is 154 cm³/mol. The van der Waals surface area contributed by atoms with Gasteiger partial charge in [0.15, 0.2) is 0 Å². The fourth-order valence-electron chi connectivity index (χ4n) is 4.42. The predicted octanol–water partition coefficient (Wildman–Crippen LogP) is 4.94. The Kier molecular flexibility index (Phi) is 8.24. The van der Waals surface area contributed by atoms with Crippen LogP contribution in [0.1, 0.15) is 34.6 Å². The molecule has 3 aromatic carbocycles. The van der Waals surface area contributed by atoms with E-state index < -0.39 is 24.1 Å². The Morgan fingerprint density at radius 1 is 0.614 bits per heavy atom. The van der Waals surface area contributed by atoms with Crippen LogP contribution in [0.3, 0.4) is 0 Å². The van der Waals surface area contributed by atoms with Gasteiger partial charge in [0.25, 0.3) is 0 Å². The van der Waals surface area contributed by atoms with Crippen LogP contribution in [0, 0.1) is 0 Å². The molecule has 2 N–H and O–H groups in total. The third-order valence-corrected chi connectivity index (χ3v) is 6.49. The minimum absolute atomic E-state index is 0.0799. The van der Waals surface area contributed by atoms with Crippen molar-refractivity contribution >= 4 is 24.1 Å². The van der Waals surface area contributed by atoms with Crippen molar-refractivity contribution in [2.75, 3.05) is 13.2 Å². The highest BCUT2D eigenvalue weighted by atomic mass is 16.6. The van der Waals surface area contributed by atoms with Gasteiger partial charge in [0.1, 0.15) is 11.4 Å². The molecular formula is C30H24N6O8. The number of carboxylic acids is 2. The smallest absolute Gasteiger partial charge is 0.436 e. The molecular weight excluding hydrogens is 572 g/mol. The van der Waals surface area contributed by atoms with E-state index in [9.17, 15) is 29.4 Å². The Morgan fingerprint density at radius 3 is 1.30 bits per heavy atom. The molecule has 0 atom stereocenters. The molecule has 2 heterocycles. The summed E-state index contributed by atoms with van der Waals surface area (Å²) in [7, 11) is 0. The molecule has 5 aromatic rings. The summed E-state index contributed by atoms with van der Waals surface area (Å²) in [4.78, 5) is 47.7. The Labute approximate surface area is 249 Å². The lowest BCUT2D eigenvalue weighted by Crippen LogP contribution is -2.13. The first-order chi connectivity index (χ1) is 21.2. The number of benzene rings is 3. The van der Waals surface area contributed by atoms with Gasteiger partial charge in [0.2, 0.25) is 0 Å². The molecule has 0 saturated heterocycles. The second-order valence-electron chi connectivity index (χ2n) is 9.20. The Bertz CT molecular complexity index is 1740. The number of aromatic carboxylic acids is 2. The lowest BCUT2D eigenvalue weighted by Gasteiger charge is -2.16. The van der Waals surface area contributed by atoms with E-state index >= 15 is 0 Å². The van der Waals surface area contributed by atoms with Gasteiger partial charge in [0.05, 0.1) is 36.7 Å². The zero-order chi connectivity index (χ0) is 31.4. The van der Waals surface area contributed by atoms with E-state index in [2.05, 4.69) is 20.6 Å². The molecule has 0 aliphatic heterocycles. The highest BCUT2D eigenvalue weighted by Gasteiger charge is 2.22. The maximum Gasteiger partial charge on any atom is 0.436 e. The van der Waals surface area contributed by atoms with Gasteiger partial charge in [-0.3, -0.25) is 0 Å². The van der Waals surface area contributed by atoms with Crippen LogP contribution in [0.4, 0.5) is 9.59 Å². The van der Waals surface area contributed by atoms with Gasteiger partial charge in [-0.2, -0.15) is 9.36 Å². The van der Waals surface area contributed by atoms with Crippen LogP contribution in [-0.4, -0.2) is 77.5 Å². The third kappa shape index (κ3) is 5.90. The number of nitrogens with zero attached hydrogens (tertiary/aromatic N) is 6. The Morgan fingerprint density at radius 2 is 0.977 bits per heavy atom. The normalized spacial score (nSPS) is 10.8. The Hall–Kier alpha value is -6.18. The van der Waals surface area contributed by atoms with Crippen LogP contribution < -0.4 is 0 Å². The van der Waals surface area contributed by atoms with Crippen molar-refractivity contribution in [3.63, 3.8) is 0 Å². The van der Waals surface area contributed by atoms with Crippen molar-refractivity contribution in [1.82, 2.24) is 30.0 Å². The minimum Gasteiger partial charge on any atom is -0.478 e. The van der Waals surface area contributed by atoms with Crippen LogP contribution in [0.5, 0.6) is 0 Å². The van der Waals surface area contributed by atoms with E-state index in [0.29, 0.717) is 44.8 Å². The highest BCUT2D eigenvalue weighted by Crippen LogP contribution is 2.41. The van der Waals surface area contributed by atoms with E-state index in [-0.39, 0.29) is 24.3 Å². The molecule has 14 heteroatoms. The van der Waals surface area contributed by atoms with Crippen molar-refractivity contribution in [3.05, 3.63) is 84.2 Å². The summed E-state index contributed by atoms with van der Waals surface area (Å²) in [6.07, 6.45) is 1.35. The largest absolute Gasteiger partial charge is 0.478 e. The number of hydrogen-bond donors (Lipinski definition) is 2. The molecule has 0 aliphatic rings. The summed E-state index contributed by atoms with van der Waals surface area (Å²) in [6.45, 7) is 3.58. The lowest BCUT2D eigenvalue weighted by atomic mass is 9.88. The van der Waals surface area contributed by atoms with Crippen LogP contribution in [0.15, 0.2) is 73.1 Å². The fourth-order valence-corrected chi connectivity index (χ4v) is 4.42. The quantitative estimate of drug-likeness (QED) is 0.246. The van der Waals surface area contributed by atoms with Gasteiger partial charge in [-0.25, -0.2) is 19.2 Å². The molecule has 0 aliphatic carbocycles. The molecule has 5 rings (SSSR count). The number of ether oxygens (including phenoxy) is 2. The van der Waals surface area contributed by atoms with Gasteiger partial charge < -0.3 is 19.7 Å². The molecule has 0 radical (unpaired) electrons. The summed E-state index contributed by atoms with van der Waals surface area (Å²) in [5.41, 5.74) is 4.07. The fraction of sp³-hybridized carbons (Fsp3) is 0.133. The number of carbonyl (C=O) groups is 4. The topological polar surface area (TPSA) is 189 Å². The first-order valence-electron chi connectivity index (χ1n) is 13.2. The lowest BCUT2D eigenvalue weighted by molar-refractivity contribution is 0.0686. The van der Waals surface area contributed by atoms with E-state index in [4.69, 9.17) is 9.47 Å². The standard InChI is InChI=1S/C30H24N6O8/c1-3-43-29(41)35-15-25(31-33-35)23-13-22(18-7-11-20(12-8-18)28(39)40)24(26-16-36(34-32-26)30(42)44-4-2)14-21(23)17-5-9-19(10-6-17)27(37)38/h5-16H,3-4H2,1-2H3,(H,37,38)(H,39,40). The van der Waals surface area contributed by atoms with E-state index in [1.54, 1.807) is 50.2 Å². The van der Waals surface area contributed by atoms with Crippen molar-refractivity contribution in [1.29, 1.82) is 0 Å². The molecule has 0 unspecified atom stereocenters. The first kappa shape index (κ1) is 29.3. The van der Waals surface area contributed by atoms with Gasteiger partial charge in [-0.15, -0.1) is 10.2 Å². The van der Waals surface area contributed by atoms with Crippen LogP contribution in [0.2, 0.25) is 0 Å². The molecule has 222 valence electrons. The Balaban J connectivity index is 1.77. The zero-order valence-corrected chi connectivity index (χ0v) is 23.4. The minimum atomic E-state index is -1.09. The number of rotatable bonds is 8. The first-order valence-corrected chi connectivity index (χ1v) is 13.2. The summed E-state index contributed by atoms with van der Waals surface area (Å²) in [5.74, 6) is -2.18. The number of carbonyl (C=O) groups excluding carboxylic acids is 2. The molecule has 0 fully saturated rings. The van der Waals surface area contributed by atoms with Crippen LogP contribution >= 0.6 is 0 Å². The SMILES string of the molecule is CCOC(=O)n1cc(-c2cc(-c3ccc(C(=O)O)cc3)c(-c3cn(C(=O)OCC)nn3)cc2-c2ccc(C(=O)O)cc2)nn1. The molecule has 14 nitrogen and oxygen atoms in total. The van der Waals surface area contributed by atoms with E-state index in [1.165, 1.54) is 36.7 Å². The average molecular weight is 597 g/mol. The van der Waals surface area contributed by atoms with E-state index in [1.807, 2.05) is 0 Å². The van der Waals surface area contributed by atoms with Gasteiger partial charge in [-0.1, -0.05) is 34.7 Å². The molecule has 44 heavy (non-hydrogen) atoms. The van der Waals surface area contributed by atoms with Gasteiger partial charge in [0, 0.05) is 11.1 Å². The van der Waals surface area contributed by atoms with Crippen molar-refractivity contribution in [2.45, 2.75) is 13.8 Å². The zero-order valence-electron chi connectivity index (χ0n) is 23.4. The van der Waals surface area contributed by atoms with Crippen LogP contribution in [0.25, 0.3) is 44.8 Å². The molecule has 0 spiro atoms. The summed E-state index contributed by atoms with van der Waals surface area (Å²) >= 11 is 0. The summed E-state index contributed by atoms with van der Waals surface area (Å²) in [6, 6.07) is 15.8.